The van der Waals surface area contributed by atoms with E-state index in [1.807, 2.05) is 22.7 Å². The Balaban J connectivity index is 1.75. The van der Waals surface area contributed by atoms with Crippen molar-refractivity contribution in [1.82, 2.24) is 14.5 Å². The second-order valence-electron chi connectivity index (χ2n) is 5.51. The van der Waals surface area contributed by atoms with Gasteiger partial charge in [-0.25, -0.2) is 9.97 Å². The third kappa shape index (κ3) is 2.90. The number of hydrogen-bond donors (Lipinski definition) is 1. The summed E-state index contributed by atoms with van der Waals surface area (Å²) in [6, 6.07) is 4.81. The van der Waals surface area contributed by atoms with Gasteiger partial charge in [-0.3, -0.25) is 0 Å². The van der Waals surface area contributed by atoms with Gasteiger partial charge in [-0.05, 0) is 25.0 Å². The van der Waals surface area contributed by atoms with Crippen LogP contribution in [0.25, 0.3) is 0 Å². The summed E-state index contributed by atoms with van der Waals surface area (Å²) in [5.41, 5.74) is 0. The minimum absolute atomic E-state index is 0.0740. The molecule has 1 aliphatic rings. The first-order chi connectivity index (χ1) is 10.1. The number of halogens is 1. The normalized spacial score (nSPS) is 20.5. The lowest BCUT2D eigenvalue weighted by Gasteiger charge is -2.35. The zero-order chi connectivity index (χ0) is 14.8. The molecule has 1 aliphatic heterocycles. The van der Waals surface area contributed by atoms with Crippen LogP contribution in [0.5, 0.6) is 0 Å². The largest absolute Gasteiger partial charge is 0.385 e. The molecule has 5 nitrogen and oxygen atoms in total. The molecule has 2 atom stereocenters. The van der Waals surface area contributed by atoms with Crippen LogP contribution in [0.15, 0.2) is 30.6 Å². The number of aliphatic hydroxyl groups is 1. The van der Waals surface area contributed by atoms with Crippen molar-refractivity contribution in [2.24, 2.45) is 13.0 Å². The molecule has 3 heterocycles. The summed E-state index contributed by atoms with van der Waals surface area (Å²) in [5.74, 6) is 0.907. The fourth-order valence-electron chi connectivity index (χ4n) is 2.92. The average molecular weight is 290 g/mol. The van der Waals surface area contributed by atoms with Gasteiger partial charge in [0.1, 0.15) is 17.7 Å². The smallest absolute Gasteiger partial charge is 0.214 e. The van der Waals surface area contributed by atoms with E-state index >= 15 is 0 Å². The van der Waals surface area contributed by atoms with Gasteiger partial charge in [0.15, 0.2) is 0 Å². The van der Waals surface area contributed by atoms with Gasteiger partial charge >= 0.3 is 0 Å². The van der Waals surface area contributed by atoms with Gasteiger partial charge in [-0.15, -0.1) is 0 Å². The quantitative estimate of drug-likeness (QED) is 0.877. The number of rotatable bonds is 3. The van der Waals surface area contributed by atoms with Gasteiger partial charge in [0.2, 0.25) is 5.95 Å². The molecule has 1 saturated heterocycles. The van der Waals surface area contributed by atoms with E-state index in [4.69, 9.17) is 0 Å². The molecule has 2 unspecified atom stereocenters. The first-order valence-corrected chi connectivity index (χ1v) is 7.18. The van der Waals surface area contributed by atoms with Crippen molar-refractivity contribution < 1.29 is 9.50 Å². The van der Waals surface area contributed by atoms with Crippen LogP contribution in [0.2, 0.25) is 0 Å². The minimum Gasteiger partial charge on any atom is -0.385 e. The highest BCUT2D eigenvalue weighted by molar-refractivity contribution is 5.38. The molecular weight excluding hydrogens is 271 g/mol. The Bertz CT molecular complexity index is 615. The Morgan fingerprint density at radius 2 is 2.29 bits per heavy atom. The molecule has 0 radical (unpaired) electrons. The molecule has 21 heavy (non-hydrogen) atoms. The first kappa shape index (κ1) is 14.0. The van der Waals surface area contributed by atoms with Gasteiger partial charge in [0, 0.05) is 38.4 Å². The van der Waals surface area contributed by atoms with Crippen molar-refractivity contribution >= 4 is 5.82 Å². The molecule has 3 rings (SSSR count). The lowest BCUT2D eigenvalue weighted by Crippen LogP contribution is -2.38. The Morgan fingerprint density at radius 1 is 1.43 bits per heavy atom. The summed E-state index contributed by atoms with van der Waals surface area (Å²) in [6.45, 7) is 1.49. The topological polar surface area (TPSA) is 54.2 Å². The molecule has 112 valence electrons. The van der Waals surface area contributed by atoms with E-state index in [0.29, 0.717) is 18.2 Å². The van der Waals surface area contributed by atoms with E-state index < -0.39 is 12.1 Å². The molecule has 1 N–H and O–H groups in total. The lowest BCUT2D eigenvalue weighted by molar-refractivity contribution is 0.0873. The molecule has 0 aliphatic carbocycles. The van der Waals surface area contributed by atoms with E-state index in [9.17, 15) is 9.50 Å². The summed E-state index contributed by atoms with van der Waals surface area (Å²) in [4.78, 5) is 10.2. The average Bonchev–Trinajstić information content (AvgIpc) is 2.93. The molecule has 0 spiro atoms. The van der Waals surface area contributed by atoms with Crippen molar-refractivity contribution in [1.29, 1.82) is 0 Å². The van der Waals surface area contributed by atoms with Crippen molar-refractivity contribution in [2.45, 2.75) is 18.9 Å². The Hall–Kier alpha value is -1.95. The Kier molecular flexibility index (Phi) is 3.88. The third-order valence-electron chi connectivity index (χ3n) is 4.05. The van der Waals surface area contributed by atoms with Gasteiger partial charge < -0.3 is 14.6 Å². The Morgan fingerprint density at radius 3 is 3.00 bits per heavy atom. The highest BCUT2D eigenvalue weighted by Crippen LogP contribution is 2.30. The van der Waals surface area contributed by atoms with Gasteiger partial charge in [0.25, 0.3) is 0 Å². The second-order valence-corrected chi connectivity index (χ2v) is 5.51. The molecule has 0 aromatic carbocycles. The fraction of sp³-hybridized carbons (Fsp3) is 0.467. The van der Waals surface area contributed by atoms with Gasteiger partial charge in [0.05, 0.1) is 0 Å². The predicted molar refractivity (Wildman–Crippen MR) is 77.3 cm³/mol. The van der Waals surface area contributed by atoms with E-state index in [-0.39, 0.29) is 5.92 Å². The van der Waals surface area contributed by atoms with E-state index in [1.54, 1.807) is 18.3 Å². The summed E-state index contributed by atoms with van der Waals surface area (Å²) < 4.78 is 15.1. The third-order valence-corrected chi connectivity index (χ3v) is 4.05. The molecule has 2 aromatic heterocycles. The molecular formula is C15H19FN4O. The molecule has 1 fully saturated rings. The number of pyridine rings is 1. The number of aromatic nitrogens is 3. The van der Waals surface area contributed by atoms with Crippen molar-refractivity contribution in [2.75, 3.05) is 18.0 Å². The van der Waals surface area contributed by atoms with Crippen LogP contribution in [0.3, 0.4) is 0 Å². The predicted octanol–water partition coefficient (Wildman–Crippen LogP) is 1.90. The second kappa shape index (κ2) is 5.81. The monoisotopic (exact) mass is 290 g/mol. The Labute approximate surface area is 123 Å². The molecule has 0 amide bonds. The number of anilines is 1. The summed E-state index contributed by atoms with van der Waals surface area (Å²) in [7, 11) is 1.88. The number of imidazole rings is 1. The highest BCUT2D eigenvalue weighted by atomic mass is 19.1. The molecule has 2 aromatic rings. The number of piperidine rings is 1. The summed E-state index contributed by atoms with van der Waals surface area (Å²) in [6.07, 6.45) is 4.78. The van der Waals surface area contributed by atoms with Crippen molar-refractivity contribution in [3.8, 4) is 0 Å². The van der Waals surface area contributed by atoms with Crippen molar-refractivity contribution in [3.05, 3.63) is 42.4 Å². The standard InChI is InChI=1S/C15H19FN4O/c1-19-9-7-17-15(19)14(21)11-4-3-8-20(10-11)13-6-2-5-12(16)18-13/h2,5-7,9,11,14,21H,3-4,8,10H2,1H3. The minimum atomic E-state index is -0.610. The zero-order valence-corrected chi connectivity index (χ0v) is 12.0. The molecule has 6 heteroatoms. The van der Waals surface area contributed by atoms with Crippen LogP contribution in [0.4, 0.5) is 10.2 Å². The van der Waals surface area contributed by atoms with E-state index in [0.717, 1.165) is 19.4 Å². The van der Waals surface area contributed by atoms with E-state index in [1.165, 1.54) is 6.07 Å². The lowest BCUT2D eigenvalue weighted by atomic mass is 9.92. The maximum absolute atomic E-state index is 13.3. The van der Waals surface area contributed by atoms with Crippen LogP contribution in [-0.4, -0.2) is 32.7 Å². The van der Waals surface area contributed by atoms with Crippen LogP contribution in [0.1, 0.15) is 24.8 Å². The number of hydrogen-bond acceptors (Lipinski definition) is 4. The van der Waals surface area contributed by atoms with Crippen LogP contribution in [-0.2, 0) is 7.05 Å². The highest BCUT2D eigenvalue weighted by Gasteiger charge is 2.29. The number of nitrogens with zero attached hydrogens (tertiary/aromatic N) is 4. The van der Waals surface area contributed by atoms with Crippen LogP contribution >= 0.6 is 0 Å². The van der Waals surface area contributed by atoms with E-state index in [2.05, 4.69) is 9.97 Å². The summed E-state index contributed by atoms with van der Waals surface area (Å²) in [5, 5.41) is 10.5. The summed E-state index contributed by atoms with van der Waals surface area (Å²) >= 11 is 0. The number of aryl methyl sites for hydroxylation is 1. The molecule has 0 saturated carbocycles. The SMILES string of the molecule is Cn1ccnc1C(O)C1CCCN(c2cccc(F)n2)C1. The fourth-order valence-corrected chi connectivity index (χ4v) is 2.92. The zero-order valence-electron chi connectivity index (χ0n) is 12.0. The van der Waals surface area contributed by atoms with Crippen LogP contribution in [0, 0.1) is 11.9 Å². The maximum atomic E-state index is 13.3. The van der Waals surface area contributed by atoms with Gasteiger partial charge in [-0.2, -0.15) is 4.39 Å². The van der Waals surface area contributed by atoms with Gasteiger partial charge in [-0.1, -0.05) is 6.07 Å². The molecule has 0 bridgehead atoms. The van der Waals surface area contributed by atoms with Crippen molar-refractivity contribution in [3.63, 3.8) is 0 Å². The maximum Gasteiger partial charge on any atom is 0.214 e. The first-order valence-electron chi connectivity index (χ1n) is 7.18. The number of aliphatic hydroxyl groups excluding tert-OH is 1. The van der Waals surface area contributed by atoms with Crippen LogP contribution < -0.4 is 4.90 Å².